The molecule has 0 saturated carbocycles. The van der Waals surface area contributed by atoms with E-state index in [1.54, 1.807) is 44.3 Å². The average molecular weight is 347 g/mol. The van der Waals surface area contributed by atoms with Gasteiger partial charge >= 0.3 is 0 Å². The second-order valence-corrected chi connectivity index (χ2v) is 5.81. The van der Waals surface area contributed by atoms with Crippen molar-refractivity contribution in [3.05, 3.63) is 58.7 Å². The third kappa shape index (κ3) is 3.26. The van der Waals surface area contributed by atoms with Crippen LogP contribution in [0.3, 0.4) is 0 Å². The van der Waals surface area contributed by atoms with E-state index in [-0.39, 0.29) is 18.0 Å². The highest BCUT2D eigenvalue weighted by molar-refractivity contribution is 6.30. The summed E-state index contributed by atoms with van der Waals surface area (Å²) >= 11 is 5.85. The second kappa shape index (κ2) is 6.37. The molecule has 1 amide bonds. The van der Waals surface area contributed by atoms with E-state index in [2.05, 4.69) is 10.3 Å². The summed E-state index contributed by atoms with van der Waals surface area (Å²) < 4.78 is 6.40. The van der Waals surface area contributed by atoms with Crippen LogP contribution in [0.5, 0.6) is 5.75 Å². The lowest BCUT2D eigenvalue weighted by molar-refractivity contribution is 0.0773. The van der Waals surface area contributed by atoms with Crippen molar-refractivity contribution < 1.29 is 14.4 Å². The first-order valence-corrected chi connectivity index (χ1v) is 7.54. The Kier molecular flexibility index (Phi) is 4.26. The molecule has 1 aromatic carbocycles. The van der Waals surface area contributed by atoms with Crippen LogP contribution in [0.1, 0.15) is 21.9 Å². The minimum absolute atomic E-state index is 0.0346. The van der Waals surface area contributed by atoms with Crippen molar-refractivity contribution >= 4 is 17.5 Å². The number of hydrogen-bond acceptors (Lipinski definition) is 5. The van der Waals surface area contributed by atoms with Crippen molar-refractivity contribution in [2.75, 3.05) is 7.05 Å². The standard InChI is InChI=1S/C16H15ClN4O3/c1-10-7-12(19-24-10)8-20(2)16(23)15-14(22)9-21(18-15)13-5-3-11(17)4-6-13/h3-7,9,22H,8H2,1-2H3. The van der Waals surface area contributed by atoms with Gasteiger partial charge in [0.05, 0.1) is 18.4 Å². The van der Waals surface area contributed by atoms with Crippen LogP contribution in [0.4, 0.5) is 0 Å². The molecule has 0 unspecified atom stereocenters. The highest BCUT2D eigenvalue weighted by atomic mass is 35.5. The minimum atomic E-state index is -0.416. The first-order chi connectivity index (χ1) is 11.4. The van der Waals surface area contributed by atoms with E-state index in [1.165, 1.54) is 15.8 Å². The molecule has 0 bridgehead atoms. The zero-order valence-electron chi connectivity index (χ0n) is 13.1. The highest BCUT2D eigenvalue weighted by Gasteiger charge is 2.21. The summed E-state index contributed by atoms with van der Waals surface area (Å²) in [6.07, 6.45) is 1.38. The first-order valence-electron chi connectivity index (χ1n) is 7.16. The van der Waals surface area contributed by atoms with Gasteiger partial charge in [-0.2, -0.15) is 5.10 Å². The molecular formula is C16H15ClN4O3. The van der Waals surface area contributed by atoms with Gasteiger partial charge in [0, 0.05) is 18.1 Å². The lowest BCUT2D eigenvalue weighted by Gasteiger charge is -2.13. The van der Waals surface area contributed by atoms with Crippen molar-refractivity contribution in [2.24, 2.45) is 0 Å². The van der Waals surface area contributed by atoms with Gasteiger partial charge < -0.3 is 14.5 Å². The molecule has 124 valence electrons. The predicted octanol–water partition coefficient (Wildman–Crippen LogP) is 2.80. The lowest BCUT2D eigenvalue weighted by Crippen LogP contribution is -2.27. The number of aromatic hydroxyl groups is 1. The highest BCUT2D eigenvalue weighted by Crippen LogP contribution is 2.21. The fraction of sp³-hybridized carbons (Fsp3) is 0.188. The Morgan fingerprint density at radius 1 is 1.38 bits per heavy atom. The molecule has 24 heavy (non-hydrogen) atoms. The Labute approximate surface area is 143 Å². The van der Waals surface area contributed by atoms with Crippen LogP contribution >= 0.6 is 11.6 Å². The summed E-state index contributed by atoms with van der Waals surface area (Å²) in [5.41, 5.74) is 1.27. The monoisotopic (exact) mass is 346 g/mol. The Bertz CT molecular complexity index is 870. The van der Waals surface area contributed by atoms with Gasteiger partial charge in [-0.15, -0.1) is 0 Å². The molecule has 2 aromatic heterocycles. The van der Waals surface area contributed by atoms with Crippen LogP contribution in [0.15, 0.2) is 41.1 Å². The fourth-order valence-corrected chi connectivity index (χ4v) is 2.36. The summed E-state index contributed by atoms with van der Waals surface area (Å²) in [4.78, 5) is 13.9. The molecule has 0 spiro atoms. The summed E-state index contributed by atoms with van der Waals surface area (Å²) in [5.74, 6) is 0.0553. The number of aryl methyl sites for hydroxylation is 1. The fourth-order valence-electron chi connectivity index (χ4n) is 2.23. The maximum atomic E-state index is 12.5. The lowest BCUT2D eigenvalue weighted by atomic mass is 10.3. The maximum absolute atomic E-state index is 12.5. The van der Waals surface area contributed by atoms with E-state index in [0.717, 1.165) is 0 Å². The van der Waals surface area contributed by atoms with E-state index >= 15 is 0 Å². The molecule has 3 aromatic rings. The van der Waals surface area contributed by atoms with Crippen molar-refractivity contribution in [1.29, 1.82) is 0 Å². The summed E-state index contributed by atoms with van der Waals surface area (Å²) in [6, 6.07) is 8.64. The molecule has 1 N–H and O–H groups in total. The summed E-state index contributed by atoms with van der Waals surface area (Å²) in [6.45, 7) is 2.03. The number of benzene rings is 1. The van der Waals surface area contributed by atoms with Crippen LogP contribution in [0.2, 0.25) is 5.02 Å². The number of aromatic nitrogens is 3. The molecular weight excluding hydrogens is 332 g/mol. The molecule has 0 aliphatic rings. The van der Waals surface area contributed by atoms with Crippen LogP contribution in [-0.2, 0) is 6.54 Å². The van der Waals surface area contributed by atoms with Gasteiger partial charge in [0.2, 0.25) is 0 Å². The molecule has 2 heterocycles. The summed E-state index contributed by atoms with van der Waals surface area (Å²) in [7, 11) is 1.60. The quantitative estimate of drug-likeness (QED) is 0.785. The van der Waals surface area contributed by atoms with Gasteiger partial charge in [-0.05, 0) is 31.2 Å². The zero-order valence-corrected chi connectivity index (χ0v) is 13.9. The molecule has 0 fully saturated rings. The number of nitrogens with zero attached hydrogens (tertiary/aromatic N) is 4. The number of carbonyl (C=O) groups excluding carboxylic acids is 1. The molecule has 0 aliphatic heterocycles. The third-order valence-electron chi connectivity index (χ3n) is 3.41. The smallest absolute Gasteiger partial charge is 0.278 e. The normalized spacial score (nSPS) is 10.8. The number of carbonyl (C=O) groups is 1. The number of halogens is 1. The van der Waals surface area contributed by atoms with E-state index < -0.39 is 5.91 Å². The Balaban J connectivity index is 1.81. The Morgan fingerprint density at radius 2 is 2.08 bits per heavy atom. The number of hydrogen-bond donors (Lipinski definition) is 1. The SMILES string of the molecule is Cc1cc(CN(C)C(=O)c2nn(-c3ccc(Cl)cc3)cc2O)no1. The van der Waals surface area contributed by atoms with Crippen LogP contribution in [0, 0.1) is 6.92 Å². The molecule has 3 rings (SSSR count). The van der Waals surface area contributed by atoms with E-state index in [9.17, 15) is 9.90 Å². The molecule has 0 radical (unpaired) electrons. The topological polar surface area (TPSA) is 84.4 Å². The summed E-state index contributed by atoms with van der Waals surface area (Å²) in [5, 5.41) is 18.6. The molecule has 8 heteroatoms. The van der Waals surface area contributed by atoms with Gasteiger partial charge in [-0.25, -0.2) is 4.68 Å². The average Bonchev–Trinajstić information content (AvgIpc) is 3.13. The van der Waals surface area contributed by atoms with E-state index in [1.807, 2.05) is 0 Å². The third-order valence-corrected chi connectivity index (χ3v) is 3.66. The van der Waals surface area contributed by atoms with E-state index in [4.69, 9.17) is 16.1 Å². The number of amides is 1. The zero-order chi connectivity index (χ0) is 17.3. The van der Waals surface area contributed by atoms with Gasteiger partial charge in [0.15, 0.2) is 11.4 Å². The largest absolute Gasteiger partial charge is 0.504 e. The molecule has 0 aliphatic carbocycles. The molecule has 7 nitrogen and oxygen atoms in total. The van der Waals surface area contributed by atoms with Crippen molar-refractivity contribution in [3.63, 3.8) is 0 Å². The first kappa shape index (κ1) is 16.1. The Hall–Kier alpha value is -2.80. The van der Waals surface area contributed by atoms with Crippen LogP contribution in [0.25, 0.3) is 5.69 Å². The van der Waals surface area contributed by atoms with Gasteiger partial charge in [-0.3, -0.25) is 4.79 Å². The molecule has 0 atom stereocenters. The van der Waals surface area contributed by atoms with Crippen molar-refractivity contribution in [3.8, 4) is 11.4 Å². The van der Waals surface area contributed by atoms with Crippen LogP contribution in [-0.4, -0.2) is 37.9 Å². The number of rotatable bonds is 4. The van der Waals surface area contributed by atoms with Gasteiger partial charge in [-0.1, -0.05) is 16.8 Å². The molecule has 0 saturated heterocycles. The van der Waals surface area contributed by atoms with Crippen molar-refractivity contribution in [2.45, 2.75) is 13.5 Å². The Morgan fingerprint density at radius 3 is 2.71 bits per heavy atom. The minimum Gasteiger partial charge on any atom is -0.504 e. The maximum Gasteiger partial charge on any atom is 0.278 e. The van der Waals surface area contributed by atoms with Gasteiger partial charge in [0.1, 0.15) is 11.5 Å². The van der Waals surface area contributed by atoms with E-state index in [0.29, 0.717) is 22.2 Å². The predicted molar refractivity (Wildman–Crippen MR) is 87.3 cm³/mol. The van der Waals surface area contributed by atoms with Crippen molar-refractivity contribution in [1.82, 2.24) is 19.8 Å². The van der Waals surface area contributed by atoms with Gasteiger partial charge in [0.25, 0.3) is 5.91 Å². The van der Waals surface area contributed by atoms with Crippen LogP contribution < -0.4 is 0 Å². The second-order valence-electron chi connectivity index (χ2n) is 5.37.